The van der Waals surface area contributed by atoms with Gasteiger partial charge < -0.3 is 20.3 Å². The van der Waals surface area contributed by atoms with Crippen LogP contribution in [0, 0.1) is 13.8 Å². The van der Waals surface area contributed by atoms with Crippen molar-refractivity contribution in [2.75, 3.05) is 41.8 Å². The van der Waals surface area contributed by atoms with Gasteiger partial charge in [0.2, 0.25) is 0 Å². The lowest BCUT2D eigenvalue weighted by Gasteiger charge is -2.30. The van der Waals surface area contributed by atoms with E-state index in [2.05, 4.69) is 15.5 Å². The van der Waals surface area contributed by atoms with Crippen LogP contribution < -0.4 is 15.5 Å². The number of nitrogens with zero attached hydrogens (tertiary/aromatic N) is 1. The van der Waals surface area contributed by atoms with Crippen molar-refractivity contribution in [1.82, 2.24) is 0 Å². The number of carbonyl (C=O) groups excluding carboxylic acids is 1. The van der Waals surface area contributed by atoms with Crippen LogP contribution in [0.4, 0.5) is 21.9 Å². The summed E-state index contributed by atoms with van der Waals surface area (Å²) in [7, 11) is 0. The van der Waals surface area contributed by atoms with Crippen LogP contribution >= 0.6 is 0 Å². The maximum absolute atomic E-state index is 12.5. The number of rotatable bonds is 3. The molecule has 1 heterocycles. The summed E-state index contributed by atoms with van der Waals surface area (Å²) in [6.07, 6.45) is 0. The molecule has 0 unspecified atom stereocenters. The SMILES string of the molecule is Cc1cccc(C)c1NC(=O)Nc1ccccc1N1CCOCC1. The number of hydrogen-bond donors (Lipinski definition) is 2. The van der Waals surface area contributed by atoms with Gasteiger partial charge in [-0.15, -0.1) is 0 Å². The average molecular weight is 325 g/mol. The van der Waals surface area contributed by atoms with Crippen LogP contribution in [0.25, 0.3) is 0 Å². The van der Waals surface area contributed by atoms with Crippen molar-refractivity contribution in [1.29, 1.82) is 0 Å². The van der Waals surface area contributed by atoms with E-state index in [0.717, 1.165) is 41.3 Å². The molecule has 0 spiro atoms. The molecule has 0 aromatic heterocycles. The van der Waals surface area contributed by atoms with Crippen LogP contribution in [0.2, 0.25) is 0 Å². The highest BCUT2D eigenvalue weighted by molar-refractivity contribution is 6.02. The fraction of sp³-hybridized carbons (Fsp3) is 0.316. The number of ether oxygens (including phenoxy) is 1. The van der Waals surface area contributed by atoms with E-state index >= 15 is 0 Å². The molecule has 24 heavy (non-hydrogen) atoms. The number of hydrogen-bond acceptors (Lipinski definition) is 3. The quantitative estimate of drug-likeness (QED) is 0.903. The van der Waals surface area contributed by atoms with Gasteiger partial charge in [0.15, 0.2) is 0 Å². The Morgan fingerprint density at radius 2 is 1.62 bits per heavy atom. The number of morpholine rings is 1. The van der Waals surface area contributed by atoms with E-state index in [1.807, 2.05) is 56.3 Å². The minimum atomic E-state index is -0.229. The van der Waals surface area contributed by atoms with Crippen molar-refractivity contribution in [2.24, 2.45) is 0 Å². The zero-order valence-corrected chi connectivity index (χ0v) is 14.1. The summed E-state index contributed by atoms with van der Waals surface area (Å²) in [6.45, 7) is 7.06. The lowest BCUT2D eigenvalue weighted by Crippen LogP contribution is -2.37. The van der Waals surface area contributed by atoms with Gasteiger partial charge in [0.1, 0.15) is 0 Å². The predicted octanol–water partition coefficient (Wildman–Crippen LogP) is 3.78. The maximum Gasteiger partial charge on any atom is 0.323 e. The standard InChI is InChI=1S/C19H23N3O2/c1-14-6-5-7-15(2)18(14)21-19(23)20-16-8-3-4-9-17(16)22-10-12-24-13-11-22/h3-9H,10-13H2,1-2H3,(H2,20,21,23). The molecule has 2 N–H and O–H groups in total. The van der Waals surface area contributed by atoms with Crippen LogP contribution in [0.3, 0.4) is 0 Å². The van der Waals surface area contributed by atoms with Crippen LogP contribution in [-0.2, 0) is 4.74 Å². The van der Waals surface area contributed by atoms with Crippen LogP contribution in [0.1, 0.15) is 11.1 Å². The van der Waals surface area contributed by atoms with Gasteiger partial charge >= 0.3 is 6.03 Å². The molecule has 2 aromatic carbocycles. The molecule has 1 saturated heterocycles. The van der Waals surface area contributed by atoms with Crippen molar-refractivity contribution >= 4 is 23.1 Å². The monoisotopic (exact) mass is 325 g/mol. The highest BCUT2D eigenvalue weighted by atomic mass is 16.5. The van der Waals surface area contributed by atoms with E-state index in [1.165, 1.54) is 0 Å². The Balaban J connectivity index is 1.75. The molecular formula is C19H23N3O2. The van der Waals surface area contributed by atoms with Gasteiger partial charge in [-0.25, -0.2) is 4.79 Å². The lowest BCUT2D eigenvalue weighted by molar-refractivity contribution is 0.123. The first-order chi connectivity index (χ1) is 11.6. The van der Waals surface area contributed by atoms with Crippen molar-refractivity contribution in [2.45, 2.75) is 13.8 Å². The number of urea groups is 1. The predicted molar refractivity (Wildman–Crippen MR) is 98.0 cm³/mol. The second-order valence-electron chi connectivity index (χ2n) is 5.96. The Bertz CT molecular complexity index is 704. The third-order valence-electron chi connectivity index (χ3n) is 4.22. The summed E-state index contributed by atoms with van der Waals surface area (Å²) in [6, 6.07) is 13.6. The molecule has 0 radical (unpaired) electrons. The van der Waals surface area contributed by atoms with E-state index in [9.17, 15) is 4.79 Å². The largest absolute Gasteiger partial charge is 0.378 e. The topological polar surface area (TPSA) is 53.6 Å². The molecule has 1 fully saturated rings. The molecule has 3 rings (SSSR count). The van der Waals surface area contributed by atoms with E-state index < -0.39 is 0 Å². The van der Waals surface area contributed by atoms with E-state index in [4.69, 9.17) is 4.74 Å². The summed E-state index contributed by atoms with van der Waals surface area (Å²) >= 11 is 0. The molecule has 1 aliphatic heterocycles. The Hall–Kier alpha value is -2.53. The fourth-order valence-corrected chi connectivity index (χ4v) is 2.94. The molecule has 0 bridgehead atoms. The number of benzene rings is 2. The minimum absolute atomic E-state index is 0.229. The van der Waals surface area contributed by atoms with Crippen molar-refractivity contribution in [3.63, 3.8) is 0 Å². The molecule has 0 saturated carbocycles. The molecular weight excluding hydrogens is 302 g/mol. The van der Waals surface area contributed by atoms with Gasteiger partial charge in [-0.05, 0) is 37.1 Å². The summed E-state index contributed by atoms with van der Waals surface area (Å²) in [4.78, 5) is 14.7. The Morgan fingerprint density at radius 3 is 2.33 bits per heavy atom. The van der Waals surface area contributed by atoms with E-state index in [-0.39, 0.29) is 6.03 Å². The summed E-state index contributed by atoms with van der Waals surface area (Å²) in [5.41, 5.74) is 4.79. The van der Waals surface area contributed by atoms with Crippen LogP contribution in [0.5, 0.6) is 0 Å². The van der Waals surface area contributed by atoms with Gasteiger partial charge in [-0.1, -0.05) is 30.3 Å². The summed E-state index contributed by atoms with van der Waals surface area (Å²) in [5, 5.41) is 5.94. The smallest absolute Gasteiger partial charge is 0.323 e. The van der Waals surface area contributed by atoms with Gasteiger partial charge in [0.05, 0.1) is 24.6 Å². The molecule has 5 heteroatoms. The number of anilines is 3. The maximum atomic E-state index is 12.5. The zero-order chi connectivity index (χ0) is 16.9. The fourth-order valence-electron chi connectivity index (χ4n) is 2.94. The van der Waals surface area contributed by atoms with Crippen molar-refractivity contribution < 1.29 is 9.53 Å². The first-order valence-corrected chi connectivity index (χ1v) is 8.21. The number of aryl methyl sites for hydroxylation is 2. The Morgan fingerprint density at radius 1 is 0.958 bits per heavy atom. The molecule has 2 amide bonds. The molecule has 1 aliphatic rings. The number of para-hydroxylation sites is 3. The zero-order valence-electron chi connectivity index (χ0n) is 14.1. The van der Waals surface area contributed by atoms with Gasteiger partial charge in [-0.3, -0.25) is 0 Å². The van der Waals surface area contributed by atoms with Gasteiger partial charge in [0, 0.05) is 18.8 Å². The van der Waals surface area contributed by atoms with E-state index in [1.54, 1.807) is 0 Å². The molecule has 2 aromatic rings. The highest BCUT2D eigenvalue weighted by Crippen LogP contribution is 2.27. The summed E-state index contributed by atoms with van der Waals surface area (Å²) < 4.78 is 5.41. The summed E-state index contributed by atoms with van der Waals surface area (Å²) in [5.74, 6) is 0. The molecule has 0 aliphatic carbocycles. The second kappa shape index (κ2) is 7.36. The van der Waals surface area contributed by atoms with Crippen LogP contribution in [0.15, 0.2) is 42.5 Å². The molecule has 5 nitrogen and oxygen atoms in total. The van der Waals surface area contributed by atoms with Crippen molar-refractivity contribution in [3.8, 4) is 0 Å². The third-order valence-corrected chi connectivity index (χ3v) is 4.22. The normalized spacial score (nSPS) is 14.3. The van der Waals surface area contributed by atoms with Crippen LogP contribution in [-0.4, -0.2) is 32.3 Å². The molecule has 0 atom stereocenters. The number of amides is 2. The van der Waals surface area contributed by atoms with Gasteiger partial charge in [-0.2, -0.15) is 0 Å². The first-order valence-electron chi connectivity index (χ1n) is 8.21. The third kappa shape index (κ3) is 3.68. The van der Waals surface area contributed by atoms with E-state index in [0.29, 0.717) is 13.2 Å². The second-order valence-corrected chi connectivity index (χ2v) is 5.96. The van der Waals surface area contributed by atoms with Gasteiger partial charge in [0.25, 0.3) is 0 Å². The van der Waals surface area contributed by atoms with Crippen molar-refractivity contribution in [3.05, 3.63) is 53.6 Å². The molecule has 126 valence electrons. The minimum Gasteiger partial charge on any atom is -0.378 e. The average Bonchev–Trinajstić information content (AvgIpc) is 2.60. The Labute approximate surface area is 142 Å². The highest BCUT2D eigenvalue weighted by Gasteiger charge is 2.16. The number of carbonyl (C=O) groups is 1. The Kier molecular flexibility index (Phi) is 5.01. The lowest BCUT2D eigenvalue weighted by atomic mass is 10.1. The number of nitrogens with one attached hydrogen (secondary N) is 2. The first kappa shape index (κ1) is 16.3.